The number of oxazole rings is 1. The largest absolute Gasteiger partial charge is 0.431 e. The smallest absolute Gasteiger partial charge is 0.257 e. The van der Waals surface area contributed by atoms with Crippen LogP contribution in [0.15, 0.2) is 70.3 Å². The fourth-order valence-corrected chi connectivity index (χ4v) is 3.53. The van der Waals surface area contributed by atoms with E-state index in [1.54, 1.807) is 0 Å². The highest BCUT2D eigenvalue weighted by molar-refractivity contribution is 7.98. The van der Waals surface area contributed by atoms with Gasteiger partial charge in [-0.3, -0.25) is 0 Å². The van der Waals surface area contributed by atoms with Crippen LogP contribution < -0.4 is 0 Å². The number of hydrogen-bond acceptors (Lipinski definition) is 6. The molecule has 0 fully saturated rings. The molecule has 0 aliphatic rings. The highest BCUT2D eigenvalue weighted by Gasteiger charge is 2.18. The van der Waals surface area contributed by atoms with Gasteiger partial charge >= 0.3 is 0 Å². The maximum absolute atomic E-state index is 6.13. The Kier molecular flexibility index (Phi) is 5.29. The predicted octanol–water partition coefficient (Wildman–Crippen LogP) is 4.70. The molecule has 4 aromatic rings. The average molecular weight is 377 g/mol. The molecule has 136 valence electrons. The van der Waals surface area contributed by atoms with Gasteiger partial charge in [-0.25, -0.2) is 9.67 Å². The van der Waals surface area contributed by atoms with Gasteiger partial charge in [-0.1, -0.05) is 79.3 Å². The summed E-state index contributed by atoms with van der Waals surface area (Å²) < 4.78 is 7.95. The minimum atomic E-state index is 0.607. The lowest BCUT2D eigenvalue weighted by Crippen LogP contribution is -2.04. The first kappa shape index (κ1) is 17.5. The lowest BCUT2D eigenvalue weighted by atomic mass is 10.1. The molecule has 2 aromatic carbocycles. The highest BCUT2D eigenvalue weighted by atomic mass is 32.2. The van der Waals surface area contributed by atoms with Gasteiger partial charge in [0, 0.05) is 17.7 Å². The molecule has 2 heterocycles. The van der Waals surface area contributed by atoms with E-state index in [4.69, 9.17) is 9.40 Å². The molecule has 0 atom stereocenters. The summed E-state index contributed by atoms with van der Waals surface area (Å²) in [5.74, 6) is 2.20. The lowest BCUT2D eigenvalue weighted by molar-refractivity contribution is 0.465. The molecule has 0 saturated heterocycles. The Bertz CT molecular complexity index is 941. The molecule has 0 aliphatic carbocycles. The van der Waals surface area contributed by atoms with E-state index in [0.29, 0.717) is 11.0 Å². The van der Waals surface area contributed by atoms with Gasteiger partial charge in [0.15, 0.2) is 11.6 Å². The molecule has 0 amide bonds. The van der Waals surface area contributed by atoms with Crippen molar-refractivity contribution < 1.29 is 4.42 Å². The molecular formula is C20H19N5OS. The van der Waals surface area contributed by atoms with E-state index in [2.05, 4.69) is 22.4 Å². The third-order valence-electron chi connectivity index (χ3n) is 4.06. The second kappa shape index (κ2) is 8.18. The van der Waals surface area contributed by atoms with Crippen molar-refractivity contribution in [1.29, 1.82) is 0 Å². The Balaban J connectivity index is 1.64. The van der Waals surface area contributed by atoms with Gasteiger partial charge in [0.25, 0.3) is 5.22 Å². The molecule has 7 heteroatoms. The molecule has 0 spiro atoms. The van der Waals surface area contributed by atoms with Gasteiger partial charge in [-0.05, 0) is 16.8 Å². The summed E-state index contributed by atoms with van der Waals surface area (Å²) in [6.45, 7) is 2.91. The van der Waals surface area contributed by atoms with Crippen LogP contribution in [0.1, 0.15) is 19.2 Å². The first-order valence-electron chi connectivity index (χ1n) is 8.84. The standard InChI is InChI=1S/C20H19N5OS/c1-2-13-25-17(22-23-24-25)14-27-20-21-18(15-9-5-3-6-10-15)19(26-20)16-11-7-4-8-12-16/h3-12H,2,13-14H2,1H3. The Morgan fingerprint density at radius 1 is 0.963 bits per heavy atom. The van der Waals surface area contributed by atoms with Crippen LogP contribution >= 0.6 is 11.8 Å². The first-order chi connectivity index (χ1) is 13.3. The fourth-order valence-electron chi connectivity index (χ4n) is 2.78. The SMILES string of the molecule is CCCn1nnnc1CSc1nc(-c2ccccc2)c(-c2ccccc2)o1. The number of rotatable bonds is 7. The Morgan fingerprint density at radius 3 is 2.37 bits per heavy atom. The topological polar surface area (TPSA) is 69.6 Å². The van der Waals surface area contributed by atoms with Gasteiger partial charge in [0.2, 0.25) is 0 Å². The van der Waals surface area contributed by atoms with Crippen LogP contribution in [0.3, 0.4) is 0 Å². The van der Waals surface area contributed by atoms with Crippen LogP contribution in [0, 0.1) is 0 Å². The normalized spacial score (nSPS) is 11.0. The summed E-state index contributed by atoms with van der Waals surface area (Å²) in [5, 5.41) is 12.5. The van der Waals surface area contributed by atoms with Crippen LogP contribution in [-0.2, 0) is 12.3 Å². The van der Waals surface area contributed by atoms with E-state index >= 15 is 0 Å². The Labute approximate surface area is 161 Å². The van der Waals surface area contributed by atoms with Crippen molar-refractivity contribution in [3.8, 4) is 22.6 Å². The number of thioether (sulfide) groups is 1. The molecule has 0 unspecified atom stereocenters. The van der Waals surface area contributed by atoms with Crippen molar-refractivity contribution in [3.63, 3.8) is 0 Å². The lowest BCUT2D eigenvalue weighted by Gasteiger charge is -2.01. The van der Waals surface area contributed by atoms with Crippen LogP contribution in [0.2, 0.25) is 0 Å². The summed E-state index contributed by atoms with van der Waals surface area (Å²) in [7, 11) is 0. The van der Waals surface area contributed by atoms with Crippen LogP contribution in [-0.4, -0.2) is 25.2 Å². The van der Waals surface area contributed by atoms with E-state index in [1.807, 2.05) is 65.3 Å². The average Bonchev–Trinajstić information content (AvgIpc) is 3.35. The third kappa shape index (κ3) is 3.93. The zero-order valence-electron chi connectivity index (χ0n) is 14.9. The summed E-state index contributed by atoms with van der Waals surface area (Å²) >= 11 is 1.50. The molecule has 0 N–H and O–H groups in total. The minimum absolute atomic E-state index is 0.607. The van der Waals surface area contributed by atoms with Gasteiger partial charge in [0.05, 0.1) is 5.75 Å². The third-order valence-corrected chi connectivity index (χ3v) is 4.88. The second-order valence-electron chi connectivity index (χ2n) is 6.00. The predicted molar refractivity (Wildman–Crippen MR) is 105 cm³/mol. The first-order valence-corrected chi connectivity index (χ1v) is 9.83. The number of nitrogens with zero attached hydrogens (tertiary/aromatic N) is 5. The van der Waals surface area contributed by atoms with Crippen molar-refractivity contribution in [2.75, 3.05) is 0 Å². The van der Waals surface area contributed by atoms with Crippen molar-refractivity contribution in [2.45, 2.75) is 30.9 Å². The Morgan fingerprint density at radius 2 is 1.67 bits per heavy atom. The van der Waals surface area contributed by atoms with Crippen molar-refractivity contribution >= 4 is 11.8 Å². The number of benzene rings is 2. The van der Waals surface area contributed by atoms with E-state index < -0.39 is 0 Å². The molecule has 0 aliphatic heterocycles. The van der Waals surface area contributed by atoms with Gasteiger partial charge in [-0.15, -0.1) is 5.10 Å². The molecular weight excluding hydrogens is 358 g/mol. The zero-order chi connectivity index (χ0) is 18.5. The number of aromatic nitrogens is 5. The second-order valence-corrected chi connectivity index (χ2v) is 6.92. The molecule has 0 bridgehead atoms. The Hall–Kier alpha value is -2.93. The van der Waals surface area contributed by atoms with E-state index in [-0.39, 0.29) is 0 Å². The van der Waals surface area contributed by atoms with Crippen molar-refractivity contribution in [2.24, 2.45) is 0 Å². The van der Waals surface area contributed by atoms with Crippen molar-refractivity contribution in [3.05, 3.63) is 66.5 Å². The number of tetrazole rings is 1. The van der Waals surface area contributed by atoms with E-state index in [1.165, 1.54) is 11.8 Å². The molecule has 0 radical (unpaired) electrons. The van der Waals surface area contributed by atoms with E-state index in [9.17, 15) is 0 Å². The fraction of sp³-hybridized carbons (Fsp3) is 0.200. The molecule has 27 heavy (non-hydrogen) atoms. The van der Waals surface area contributed by atoms with Gasteiger partial charge in [-0.2, -0.15) is 0 Å². The quantitative estimate of drug-likeness (QED) is 0.435. The monoisotopic (exact) mass is 377 g/mol. The van der Waals surface area contributed by atoms with Gasteiger partial charge < -0.3 is 4.42 Å². The summed E-state index contributed by atoms with van der Waals surface area (Å²) in [4.78, 5) is 4.75. The van der Waals surface area contributed by atoms with Gasteiger partial charge in [0.1, 0.15) is 5.69 Å². The zero-order valence-corrected chi connectivity index (χ0v) is 15.8. The minimum Gasteiger partial charge on any atom is -0.431 e. The number of hydrogen-bond donors (Lipinski definition) is 0. The summed E-state index contributed by atoms with van der Waals surface area (Å²) in [5.41, 5.74) is 2.88. The molecule has 6 nitrogen and oxygen atoms in total. The van der Waals surface area contributed by atoms with E-state index in [0.717, 1.165) is 41.4 Å². The van der Waals surface area contributed by atoms with Crippen LogP contribution in [0.4, 0.5) is 0 Å². The summed E-state index contributed by atoms with van der Waals surface area (Å²) in [6.07, 6.45) is 0.984. The van der Waals surface area contributed by atoms with Crippen LogP contribution in [0.25, 0.3) is 22.6 Å². The highest BCUT2D eigenvalue weighted by Crippen LogP contribution is 2.36. The maximum Gasteiger partial charge on any atom is 0.257 e. The maximum atomic E-state index is 6.13. The molecule has 2 aromatic heterocycles. The van der Waals surface area contributed by atoms with Crippen molar-refractivity contribution in [1.82, 2.24) is 25.2 Å². The molecule has 0 saturated carbocycles. The summed E-state index contributed by atoms with van der Waals surface area (Å²) in [6, 6.07) is 20.1. The number of aryl methyl sites for hydroxylation is 1. The van der Waals surface area contributed by atoms with Crippen LogP contribution in [0.5, 0.6) is 0 Å². The molecule has 4 rings (SSSR count).